The summed E-state index contributed by atoms with van der Waals surface area (Å²) in [7, 11) is 0. The van der Waals surface area contributed by atoms with E-state index in [1.165, 1.54) is 12.1 Å². The summed E-state index contributed by atoms with van der Waals surface area (Å²) in [5.41, 5.74) is 2.01. The third-order valence-corrected chi connectivity index (χ3v) is 5.19. The molecule has 1 aromatic heterocycles. The fourth-order valence-electron chi connectivity index (χ4n) is 3.79. The molecule has 5 nitrogen and oxygen atoms in total. The van der Waals surface area contributed by atoms with Gasteiger partial charge in [0.25, 0.3) is 0 Å². The van der Waals surface area contributed by atoms with E-state index in [1.54, 1.807) is 30.5 Å². The van der Waals surface area contributed by atoms with Gasteiger partial charge in [-0.2, -0.15) is 18.3 Å². The van der Waals surface area contributed by atoms with Crippen LogP contribution in [-0.2, 0) is 12.6 Å². The zero-order chi connectivity index (χ0) is 21.1. The number of benzene rings is 2. The summed E-state index contributed by atoms with van der Waals surface area (Å²) in [4.78, 5) is 2.13. The van der Waals surface area contributed by atoms with Crippen LogP contribution in [-0.4, -0.2) is 41.0 Å². The van der Waals surface area contributed by atoms with E-state index in [-0.39, 0.29) is 11.8 Å². The van der Waals surface area contributed by atoms with Gasteiger partial charge in [-0.05, 0) is 36.2 Å². The molecule has 2 heterocycles. The maximum absolute atomic E-state index is 13.0. The number of rotatable bonds is 4. The van der Waals surface area contributed by atoms with Crippen molar-refractivity contribution in [1.82, 2.24) is 15.5 Å². The predicted octanol–water partition coefficient (Wildman–Crippen LogP) is 3.89. The summed E-state index contributed by atoms with van der Waals surface area (Å²) < 4.78 is 39.0. The van der Waals surface area contributed by atoms with Crippen molar-refractivity contribution in [1.29, 1.82) is 0 Å². The molecule has 1 aliphatic heterocycles. The van der Waals surface area contributed by atoms with Crippen LogP contribution in [0.1, 0.15) is 11.1 Å². The first-order valence-corrected chi connectivity index (χ1v) is 9.66. The molecule has 1 unspecified atom stereocenters. The minimum Gasteiger partial charge on any atom is -0.507 e. The number of hydrogen-bond acceptors (Lipinski definition) is 5. The number of aromatic hydroxyl groups is 1. The second-order valence-electron chi connectivity index (χ2n) is 7.28. The Morgan fingerprint density at radius 3 is 2.73 bits per heavy atom. The minimum atomic E-state index is -4.35. The smallest absolute Gasteiger partial charge is 0.416 e. The van der Waals surface area contributed by atoms with Gasteiger partial charge in [-0.25, -0.2) is 0 Å². The van der Waals surface area contributed by atoms with Gasteiger partial charge in [0, 0.05) is 31.2 Å². The van der Waals surface area contributed by atoms with Crippen LogP contribution in [0.4, 0.5) is 18.9 Å². The molecule has 3 aromatic rings. The molecular formula is C22H21F3N4O. The van der Waals surface area contributed by atoms with Crippen LogP contribution in [0.2, 0.25) is 0 Å². The average Bonchev–Trinajstić information content (AvgIpc) is 2.74. The number of phenols is 1. The molecule has 0 amide bonds. The summed E-state index contributed by atoms with van der Waals surface area (Å²) in [6.45, 7) is 2.00. The van der Waals surface area contributed by atoms with Crippen LogP contribution in [0.25, 0.3) is 11.3 Å². The molecule has 4 rings (SSSR count). The minimum absolute atomic E-state index is 0.0207. The van der Waals surface area contributed by atoms with E-state index in [0.29, 0.717) is 42.9 Å². The molecule has 1 atom stereocenters. The van der Waals surface area contributed by atoms with Crippen LogP contribution in [0.15, 0.2) is 60.8 Å². The molecule has 2 aromatic carbocycles. The van der Waals surface area contributed by atoms with Gasteiger partial charge in [-0.3, -0.25) is 0 Å². The lowest BCUT2D eigenvalue weighted by Gasteiger charge is -2.36. The van der Waals surface area contributed by atoms with Gasteiger partial charge in [-0.15, -0.1) is 5.10 Å². The van der Waals surface area contributed by atoms with Crippen molar-refractivity contribution in [3.05, 3.63) is 71.9 Å². The topological polar surface area (TPSA) is 61.3 Å². The van der Waals surface area contributed by atoms with E-state index >= 15 is 0 Å². The lowest BCUT2D eigenvalue weighted by atomic mass is 10.0. The van der Waals surface area contributed by atoms with E-state index in [9.17, 15) is 18.3 Å². The average molecular weight is 414 g/mol. The highest BCUT2D eigenvalue weighted by Crippen LogP contribution is 2.34. The number of nitrogens with one attached hydrogen (secondary N) is 1. The molecule has 30 heavy (non-hydrogen) atoms. The maximum Gasteiger partial charge on any atom is 0.416 e. The second-order valence-corrected chi connectivity index (χ2v) is 7.28. The number of halogens is 3. The predicted molar refractivity (Wildman–Crippen MR) is 108 cm³/mol. The number of anilines is 1. The first-order valence-electron chi connectivity index (χ1n) is 9.66. The number of hydrogen-bond donors (Lipinski definition) is 2. The van der Waals surface area contributed by atoms with Gasteiger partial charge in [0.1, 0.15) is 11.4 Å². The Morgan fingerprint density at radius 2 is 1.93 bits per heavy atom. The van der Waals surface area contributed by atoms with Gasteiger partial charge in [0.05, 0.1) is 17.4 Å². The largest absolute Gasteiger partial charge is 0.507 e. The van der Waals surface area contributed by atoms with E-state index < -0.39 is 11.7 Å². The van der Waals surface area contributed by atoms with E-state index in [4.69, 9.17) is 0 Å². The molecule has 1 fully saturated rings. The van der Waals surface area contributed by atoms with Crippen LogP contribution >= 0.6 is 0 Å². The van der Waals surface area contributed by atoms with Gasteiger partial charge < -0.3 is 15.3 Å². The second kappa shape index (κ2) is 8.31. The SMILES string of the molecule is Oc1ccccc1-c1nnccc1N1CCNC(Cc2cccc(C(F)(F)F)c2)C1. The summed E-state index contributed by atoms with van der Waals surface area (Å²) in [5.74, 6) is 0.120. The summed E-state index contributed by atoms with van der Waals surface area (Å²) >= 11 is 0. The molecule has 0 spiro atoms. The number of alkyl halides is 3. The third-order valence-electron chi connectivity index (χ3n) is 5.19. The number of para-hydroxylation sites is 1. The highest BCUT2D eigenvalue weighted by Gasteiger charge is 2.31. The quantitative estimate of drug-likeness (QED) is 0.678. The van der Waals surface area contributed by atoms with Crippen LogP contribution in [0.5, 0.6) is 5.75 Å². The monoisotopic (exact) mass is 414 g/mol. The Kier molecular flexibility index (Phi) is 5.59. The molecule has 0 bridgehead atoms. The van der Waals surface area contributed by atoms with Crippen molar-refractivity contribution < 1.29 is 18.3 Å². The molecular weight excluding hydrogens is 393 g/mol. The van der Waals surface area contributed by atoms with E-state index in [1.807, 2.05) is 12.1 Å². The highest BCUT2D eigenvalue weighted by atomic mass is 19.4. The van der Waals surface area contributed by atoms with Crippen molar-refractivity contribution in [2.24, 2.45) is 0 Å². The number of piperazine rings is 1. The molecule has 1 aliphatic rings. The molecule has 2 N–H and O–H groups in total. The molecule has 8 heteroatoms. The maximum atomic E-state index is 13.0. The lowest BCUT2D eigenvalue weighted by molar-refractivity contribution is -0.137. The van der Waals surface area contributed by atoms with E-state index in [0.717, 1.165) is 11.8 Å². The Balaban J connectivity index is 1.55. The Morgan fingerprint density at radius 1 is 1.10 bits per heavy atom. The van der Waals surface area contributed by atoms with Gasteiger partial charge >= 0.3 is 6.18 Å². The molecule has 0 saturated carbocycles. The van der Waals surface area contributed by atoms with Crippen molar-refractivity contribution in [2.75, 3.05) is 24.5 Å². The molecule has 156 valence electrons. The normalized spacial score (nSPS) is 17.2. The van der Waals surface area contributed by atoms with Gasteiger partial charge in [0.2, 0.25) is 0 Å². The summed E-state index contributed by atoms with van der Waals surface area (Å²) in [6, 6.07) is 14.2. The number of phenolic OH excluding ortho intramolecular Hbond substituents is 1. The number of aromatic nitrogens is 2. The zero-order valence-electron chi connectivity index (χ0n) is 16.1. The third kappa shape index (κ3) is 4.38. The van der Waals surface area contributed by atoms with Crippen LogP contribution < -0.4 is 10.2 Å². The first kappa shape index (κ1) is 20.2. The van der Waals surface area contributed by atoms with Crippen molar-refractivity contribution in [2.45, 2.75) is 18.6 Å². The van der Waals surface area contributed by atoms with Crippen LogP contribution in [0.3, 0.4) is 0 Å². The summed E-state index contributed by atoms with van der Waals surface area (Å²) in [6.07, 6.45) is -2.27. The fraction of sp³-hybridized carbons (Fsp3) is 0.273. The standard InChI is InChI=1S/C22H21F3N4O/c23-22(24,25)16-5-3-4-15(12-16)13-17-14-29(11-10-26-17)19-8-9-27-28-21(19)18-6-1-2-7-20(18)30/h1-9,12,17,26,30H,10-11,13-14H2. The lowest BCUT2D eigenvalue weighted by Crippen LogP contribution is -2.51. The van der Waals surface area contributed by atoms with Crippen molar-refractivity contribution in [3.8, 4) is 17.0 Å². The van der Waals surface area contributed by atoms with Crippen molar-refractivity contribution >= 4 is 5.69 Å². The Bertz CT molecular complexity index is 1030. The molecule has 0 aliphatic carbocycles. The van der Waals surface area contributed by atoms with Crippen molar-refractivity contribution in [3.63, 3.8) is 0 Å². The summed E-state index contributed by atoms with van der Waals surface area (Å²) in [5, 5.41) is 21.8. The van der Waals surface area contributed by atoms with Gasteiger partial charge in [0.15, 0.2) is 0 Å². The molecule has 0 radical (unpaired) electrons. The zero-order valence-corrected chi connectivity index (χ0v) is 16.1. The Labute approximate surface area is 172 Å². The molecule has 1 saturated heterocycles. The van der Waals surface area contributed by atoms with Gasteiger partial charge in [-0.1, -0.05) is 30.3 Å². The van der Waals surface area contributed by atoms with E-state index in [2.05, 4.69) is 20.4 Å². The Hall–Kier alpha value is -3.13. The number of nitrogens with zero attached hydrogens (tertiary/aromatic N) is 3. The highest BCUT2D eigenvalue weighted by molar-refractivity contribution is 5.78. The first-order chi connectivity index (χ1) is 14.4. The van der Waals surface area contributed by atoms with Crippen LogP contribution in [0, 0.1) is 0 Å². The fourth-order valence-corrected chi connectivity index (χ4v) is 3.79.